The lowest BCUT2D eigenvalue weighted by Crippen LogP contribution is -2.37. The number of rotatable bonds is 7. The van der Waals surface area contributed by atoms with Crippen molar-refractivity contribution in [2.75, 3.05) is 25.0 Å². The Kier molecular flexibility index (Phi) is 4.79. The summed E-state index contributed by atoms with van der Waals surface area (Å²) in [6, 6.07) is 8.18. The van der Waals surface area contributed by atoms with E-state index in [9.17, 15) is 8.42 Å². The molecule has 0 aliphatic carbocycles. The lowest BCUT2D eigenvalue weighted by molar-refractivity contribution is 0.557. The summed E-state index contributed by atoms with van der Waals surface area (Å²) >= 11 is 0. The van der Waals surface area contributed by atoms with Gasteiger partial charge in [-0.2, -0.15) is 8.42 Å². The van der Waals surface area contributed by atoms with Gasteiger partial charge in [0.15, 0.2) is 0 Å². The smallest absolute Gasteiger partial charge is 0.276 e. The fraction of sp³-hybridized carbons (Fsp3) is 0.538. The van der Waals surface area contributed by atoms with Gasteiger partial charge in [0.25, 0.3) is 10.2 Å². The molecule has 0 amide bonds. The van der Waals surface area contributed by atoms with Crippen molar-refractivity contribution < 1.29 is 8.42 Å². The van der Waals surface area contributed by atoms with Gasteiger partial charge < -0.3 is 5.32 Å². The van der Waals surface area contributed by atoms with Crippen LogP contribution in [0.4, 0.5) is 5.69 Å². The Labute approximate surface area is 115 Å². The molecular formula is C13H21N3O2S. The van der Waals surface area contributed by atoms with Crippen molar-refractivity contribution >= 4 is 15.9 Å². The summed E-state index contributed by atoms with van der Waals surface area (Å²) in [5.74, 6) is 0.380. The molecule has 0 saturated heterocycles. The fourth-order valence-corrected chi connectivity index (χ4v) is 3.23. The monoisotopic (exact) mass is 283 g/mol. The molecule has 0 bridgehead atoms. The molecule has 1 aromatic rings. The predicted octanol–water partition coefficient (Wildman–Crippen LogP) is 1.42. The minimum Gasteiger partial charge on any atom is -0.384 e. The van der Waals surface area contributed by atoms with Crippen LogP contribution < -0.4 is 14.8 Å². The molecule has 0 radical (unpaired) electrons. The second kappa shape index (κ2) is 6.36. The van der Waals surface area contributed by atoms with E-state index >= 15 is 0 Å². The summed E-state index contributed by atoms with van der Waals surface area (Å²) in [5.41, 5.74) is 2.45. The maximum atomic E-state index is 11.6. The van der Waals surface area contributed by atoms with Gasteiger partial charge in [0, 0.05) is 31.2 Å². The first-order chi connectivity index (χ1) is 9.12. The molecule has 3 N–H and O–H groups in total. The van der Waals surface area contributed by atoms with Gasteiger partial charge in [-0.15, -0.1) is 0 Å². The van der Waals surface area contributed by atoms with E-state index in [-0.39, 0.29) is 0 Å². The summed E-state index contributed by atoms with van der Waals surface area (Å²) in [6.07, 6.45) is 1.60. The lowest BCUT2D eigenvalue weighted by atomic mass is 9.98. The first-order valence-corrected chi connectivity index (χ1v) is 8.18. The SMILES string of the molecule is CCCNS(=O)(=O)NCCC1CNc2ccccc21. The van der Waals surface area contributed by atoms with Crippen LogP contribution in [0, 0.1) is 0 Å². The Bertz CT molecular complexity index is 516. The molecule has 1 aromatic carbocycles. The van der Waals surface area contributed by atoms with E-state index in [1.54, 1.807) is 0 Å². The average molecular weight is 283 g/mol. The van der Waals surface area contributed by atoms with E-state index in [0.29, 0.717) is 19.0 Å². The van der Waals surface area contributed by atoms with Gasteiger partial charge >= 0.3 is 0 Å². The van der Waals surface area contributed by atoms with Crippen molar-refractivity contribution in [3.63, 3.8) is 0 Å². The van der Waals surface area contributed by atoms with Gasteiger partial charge in [-0.25, -0.2) is 9.44 Å². The van der Waals surface area contributed by atoms with E-state index in [1.165, 1.54) is 11.3 Å². The molecule has 1 unspecified atom stereocenters. The van der Waals surface area contributed by atoms with Crippen molar-refractivity contribution in [2.45, 2.75) is 25.7 Å². The lowest BCUT2D eigenvalue weighted by Gasteiger charge is -2.11. The van der Waals surface area contributed by atoms with Gasteiger partial charge in [-0.1, -0.05) is 25.1 Å². The normalized spacial score (nSPS) is 18.1. The molecule has 0 spiro atoms. The topological polar surface area (TPSA) is 70.2 Å². The molecule has 1 aliphatic heterocycles. The average Bonchev–Trinajstić information content (AvgIpc) is 2.80. The van der Waals surface area contributed by atoms with Crippen LogP contribution in [0.3, 0.4) is 0 Å². The van der Waals surface area contributed by atoms with Crippen molar-refractivity contribution in [1.29, 1.82) is 0 Å². The highest BCUT2D eigenvalue weighted by Gasteiger charge is 2.21. The fourth-order valence-electron chi connectivity index (χ4n) is 2.27. The van der Waals surface area contributed by atoms with E-state index in [1.807, 2.05) is 19.1 Å². The third-order valence-corrected chi connectivity index (χ3v) is 4.43. The number of fused-ring (bicyclic) bond motifs is 1. The van der Waals surface area contributed by atoms with Gasteiger partial charge in [-0.3, -0.25) is 0 Å². The van der Waals surface area contributed by atoms with E-state index < -0.39 is 10.2 Å². The molecule has 1 heterocycles. The highest BCUT2D eigenvalue weighted by Crippen LogP contribution is 2.32. The van der Waals surface area contributed by atoms with Gasteiger partial charge in [0.1, 0.15) is 0 Å². The van der Waals surface area contributed by atoms with Crippen molar-refractivity contribution in [3.8, 4) is 0 Å². The molecule has 0 fully saturated rings. The molecular weight excluding hydrogens is 262 g/mol. The quantitative estimate of drug-likeness (QED) is 0.709. The van der Waals surface area contributed by atoms with Crippen LogP contribution in [0.2, 0.25) is 0 Å². The van der Waals surface area contributed by atoms with Crippen LogP contribution in [0.5, 0.6) is 0 Å². The molecule has 106 valence electrons. The van der Waals surface area contributed by atoms with Crippen LogP contribution in [0.1, 0.15) is 31.2 Å². The minimum atomic E-state index is -3.33. The van der Waals surface area contributed by atoms with E-state index in [2.05, 4.69) is 26.9 Å². The van der Waals surface area contributed by atoms with Crippen LogP contribution in [0.15, 0.2) is 24.3 Å². The largest absolute Gasteiger partial charge is 0.384 e. The van der Waals surface area contributed by atoms with Crippen LogP contribution >= 0.6 is 0 Å². The zero-order valence-electron chi connectivity index (χ0n) is 11.1. The Hall–Kier alpha value is -1.11. The van der Waals surface area contributed by atoms with Crippen LogP contribution in [-0.2, 0) is 10.2 Å². The molecule has 0 aromatic heterocycles. The third kappa shape index (κ3) is 3.92. The predicted molar refractivity (Wildman–Crippen MR) is 77.5 cm³/mol. The van der Waals surface area contributed by atoms with Gasteiger partial charge in [0.05, 0.1) is 0 Å². The van der Waals surface area contributed by atoms with E-state index in [4.69, 9.17) is 0 Å². The number of hydrogen-bond acceptors (Lipinski definition) is 3. The Morgan fingerprint density at radius 2 is 2.00 bits per heavy atom. The summed E-state index contributed by atoms with van der Waals surface area (Å²) in [7, 11) is -3.33. The highest BCUT2D eigenvalue weighted by molar-refractivity contribution is 7.87. The molecule has 0 saturated carbocycles. The standard InChI is InChI=1S/C13H21N3O2S/c1-2-8-15-19(17,18)16-9-7-11-10-14-13-6-4-3-5-12(11)13/h3-6,11,14-16H,2,7-10H2,1H3. The minimum absolute atomic E-state index is 0.380. The Morgan fingerprint density at radius 1 is 1.26 bits per heavy atom. The molecule has 2 rings (SSSR count). The third-order valence-electron chi connectivity index (χ3n) is 3.27. The first-order valence-electron chi connectivity index (χ1n) is 6.69. The van der Waals surface area contributed by atoms with Crippen LogP contribution in [0.25, 0.3) is 0 Å². The summed E-state index contributed by atoms with van der Waals surface area (Å²) in [4.78, 5) is 0. The molecule has 19 heavy (non-hydrogen) atoms. The van der Waals surface area contributed by atoms with Crippen molar-refractivity contribution in [1.82, 2.24) is 9.44 Å². The molecule has 1 aliphatic rings. The van der Waals surface area contributed by atoms with Crippen LogP contribution in [-0.4, -0.2) is 28.1 Å². The van der Waals surface area contributed by atoms with Gasteiger partial charge in [-0.05, 0) is 24.5 Å². The van der Waals surface area contributed by atoms with E-state index in [0.717, 1.165) is 19.4 Å². The second-order valence-corrected chi connectivity index (χ2v) is 6.33. The zero-order valence-corrected chi connectivity index (χ0v) is 12.0. The molecule has 6 heteroatoms. The van der Waals surface area contributed by atoms with Crippen molar-refractivity contribution in [2.24, 2.45) is 0 Å². The summed E-state index contributed by atoms with van der Waals surface area (Å²) < 4.78 is 28.2. The van der Waals surface area contributed by atoms with Crippen molar-refractivity contribution in [3.05, 3.63) is 29.8 Å². The highest BCUT2D eigenvalue weighted by atomic mass is 32.2. The number of benzene rings is 1. The van der Waals surface area contributed by atoms with Gasteiger partial charge in [0.2, 0.25) is 0 Å². The summed E-state index contributed by atoms with van der Waals surface area (Å²) in [6.45, 7) is 3.75. The number of anilines is 1. The second-order valence-electron chi connectivity index (χ2n) is 4.75. The molecule has 1 atom stereocenters. The zero-order chi connectivity index (χ0) is 13.7. The maximum absolute atomic E-state index is 11.6. The number of nitrogens with one attached hydrogen (secondary N) is 3. The maximum Gasteiger partial charge on any atom is 0.276 e. The summed E-state index contributed by atoms with van der Waals surface area (Å²) in [5, 5.41) is 3.34. The Balaban J connectivity index is 1.81. The first kappa shape index (κ1) is 14.3. The Morgan fingerprint density at radius 3 is 2.79 bits per heavy atom. The molecule has 5 nitrogen and oxygen atoms in total. The number of hydrogen-bond donors (Lipinski definition) is 3. The number of para-hydroxylation sites is 1.